The molecule has 1 unspecified atom stereocenters. The van der Waals surface area contributed by atoms with E-state index in [1.165, 1.54) is 18.4 Å². The Morgan fingerprint density at radius 1 is 1.04 bits per heavy atom. The zero-order valence-electron chi connectivity index (χ0n) is 15.1. The number of benzene rings is 2. The van der Waals surface area contributed by atoms with Crippen molar-refractivity contribution in [1.29, 1.82) is 0 Å². The Bertz CT molecular complexity index is 918. The van der Waals surface area contributed by atoms with Crippen LogP contribution in [0.2, 0.25) is 5.02 Å². The molecular weight excluding hydrogens is 358 g/mol. The van der Waals surface area contributed by atoms with Gasteiger partial charge < -0.3 is 9.73 Å². The first kappa shape index (κ1) is 17.0. The van der Waals surface area contributed by atoms with Crippen LogP contribution in [0.15, 0.2) is 59.0 Å². The van der Waals surface area contributed by atoms with E-state index in [2.05, 4.69) is 45.8 Å². The van der Waals surface area contributed by atoms with Crippen molar-refractivity contribution >= 4 is 11.6 Å². The summed E-state index contributed by atoms with van der Waals surface area (Å²) in [6, 6.07) is 18.8. The number of rotatable bonds is 6. The maximum absolute atomic E-state index is 6.08. The van der Waals surface area contributed by atoms with Crippen LogP contribution in [0.4, 0.5) is 0 Å². The molecule has 5 rings (SSSR count). The molecule has 2 aliphatic rings. The van der Waals surface area contributed by atoms with E-state index in [-0.39, 0.29) is 5.41 Å². The summed E-state index contributed by atoms with van der Waals surface area (Å²) < 4.78 is 6.08. The molecule has 0 bridgehead atoms. The first-order valence-electron chi connectivity index (χ1n) is 9.62. The van der Waals surface area contributed by atoms with Crippen LogP contribution in [0.5, 0.6) is 0 Å². The third-order valence-electron chi connectivity index (χ3n) is 6.00. The van der Waals surface area contributed by atoms with Gasteiger partial charge in [0.1, 0.15) is 0 Å². The highest BCUT2D eigenvalue weighted by Gasteiger charge is 2.46. The van der Waals surface area contributed by atoms with E-state index in [1.807, 2.05) is 24.3 Å². The quantitative estimate of drug-likeness (QED) is 0.657. The number of nitrogens with one attached hydrogen (secondary N) is 1. The summed E-state index contributed by atoms with van der Waals surface area (Å²) in [6.07, 6.45) is 4.63. The predicted octanol–water partition coefficient (Wildman–Crippen LogP) is 4.96. The minimum atomic E-state index is -0.0124. The zero-order valence-corrected chi connectivity index (χ0v) is 15.8. The Labute approximate surface area is 164 Å². The average molecular weight is 380 g/mol. The number of hydrogen-bond acceptors (Lipinski definition) is 4. The van der Waals surface area contributed by atoms with Crippen LogP contribution < -0.4 is 5.32 Å². The predicted molar refractivity (Wildman–Crippen MR) is 106 cm³/mol. The minimum Gasteiger partial charge on any atom is -0.420 e. The SMILES string of the molecule is Clc1ccc(-c2nnc(C3(CN[C@H]4CC4c4ccccc4)CCC3)o2)cc1. The summed E-state index contributed by atoms with van der Waals surface area (Å²) in [5, 5.41) is 13.1. The maximum Gasteiger partial charge on any atom is 0.247 e. The van der Waals surface area contributed by atoms with Crippen molar-refractivity contribution in [3.63, 3.8) is 0 Å². The fourth-order valence-corrected chi connectivity index (χ4v) is 4.16. The van der Waals surface area contributed by atoms with Gasteiger partial charge in [0.2, 0.25) is 11.8 Å². The van der Waals surface area contributed by atoms with E-state index in [0.29, 0.717) is 22.9 Å². The van der Waals surface area contributed by atoms with Gasteiger partial charge in [-0.2, -0.15) is 0 Å². The molecule has 1 N–H and O–H groups in total. The summed E-state index contributed by atoms with van der Waals surface area (Å²) >= 11 is 5.97. The molecule has 2 atom stereocenters. The van der Waals surface area contributed by atoms with Crippen LogP contribution in [0, 0.1) is 0 Å². The molecule has 0 spiro atoms. The first-order chi connectivity index (χ1) is 13.2. The second kappa shape index (κ2) is 6.77. The molecule has 4 nitrogen and oxygen atoms in total. The molecule has 2 saturated carbocycles. The van der Waals surface area contributed by atoms with Gasteiger partial charge in [-0.25, -0.2) is 0 Å². The first-order valence-corrected chi connectivity index (χ1v) is 10.00. The van der Waals surface area contributed by atoms with Gasteiger partial charge in [-0.1, -0.05) is 48.4 Å². The van der Waals surface area contributed by atoms with Crippen LogP contribution in [0.1, 0.15) is 43.1 Å². The molecule has 27 heavy (non-hydrogen) atoms. The van der Waals surface area contributed by atoms with Gasteiger partial charge >= 0.3 is 0 Å². The van der Waals surface area contributed by atoms with Crippen molar-refractivity contribution in [3.05, 3.63) is 71.1 Å². The molecule has 2 fully saturated rings. The lowest BCUT2D eigenvalue weighted by atomic mass is 9.68. The third kappa shape index (κ3) is 3.28. The van der Waals surface area contributed by atoms with Crippen LogP contribution in [-0.4, -0.2) is 22.8 Å². The van der Waals surface area contributed by atoms with E-state index in [9.17, 15) is 0 Å². The van der Waals surface area contributed by atoms with Crippen LogP contribution in [0.3, 0.4) is 0 Å². The average Bonchev–Trinajstić information content (AvgIpc) is 3.28. The van der Waals surface area contributed by atoms with Crippen molar-refractivity contribution < 1.29 is 4.42 Å². The van der Waals surface area contributed by atoms with Gasteiger partial charge in [0.25, 0.3) is 0 Å². The lowest BCUT2D eigenvalue weighted by Gasteiger charge is -2.38. The molecule has 5 heteroatoms. The standard InChI is InChI=1S/C22H22ClN3O/c23-17-9-7-16(8-10-17)20-25-26-21(27-20)22(11-4-12-22)14-24-19-13-18(19)15-5-2-1-3-6-15/h1-3,5-10,18-19,24H,4,11-14H2/t18?,19-/m0/s1. The van der Waals surface area contributed by atoms with Crippen LogP contribution >= 0.6 is 11.6 Å². The van der Waals surface area contributed by atoms with E-state index in [0.717, 1.165) is 30.8 Å². The van der Waals surface area contributed by atoms with Gasteiger partial charge in [0, 0.05) is 29.1 Å². The number of halogens is 1. The summed E-state index contributed by atoms with van der Waals surface area (Å²) in [5.41, 5.74) is 2.33. The van der Waals surface area contributed by atoms with Crippen molar-refractivity contribution in [2.45, 2.75) is 43.1 Å². The number of hydrogen-bond donors (Lipinski definition) is 1. The summed E-state index contributed by atoms with van der Waals surface area (Å²) in [7, 11) is 0. The smallest absolute Gasteiger partial charge is 0.247 e. The Balaban J connectivity index is 1.27. The highest BCUT2D eigenvalue weighted by molar-refractivity contribution is 6.30. The van der Waals surface area contributed by atoms with Crippen LogP contribution in [0.25, 0.3) is 11.5 Å². The molecule has 2 aliphatic carbocycles. The lowest BCUT2D eigenvalue weighted by Crippen LogP contribution is -2.45. The largest absolute Gasteiger partial charge is 0.420 e. The third-order valence-corrected chi connectivity index (χ3v) is 6.25. The minimum absolute atomic E-state index is 0.0124. The fourth-order valence-electron chi connectivity index (χ4n) is 4.03. The zero-order chi connectivity index (χ0) is 18.3. The molecule has 138 valence electrons. The Hall–Kier alpha value is -2.17. The lowest BCUT2D eigenvalue weighted by molar-refractivity contribution is 0.185. The summed E-state index contributed by atoms with van der Waals surface area (Å²) in [4.78, 5) is 0. The van der Waals surface area contributed by atoms with E-state index < -0.39 is 0 Å². The van der Waals surface area contributed by atoms with Gasteiger partial charge in [-0.15, -0.1) is 10.2 Å². The number of nitrogens with zero attached hydrogens (tertiary/aromatic N) is 2. The van der Waals surface area contributed by atoms with Crippen molar-refractivity contribution in [2.24, 2.45) is 0 Å². The molecule has 0 aliphatic heterocycles. The molecule has 0 amide bonds. The van der Waals surface area contributed by atoms with Crippen molar-refractivity contribution in [3.8, 4) is 11.5 Å². The van der Waals surface area contributed by atoms with Gasteiger partial charge in [-0.05, 0) is 49.1 Å². The topological polar surface area (TPSA) is 51.0 Å². The Morgan fingerprint density at radius 3 is 2.52 bits per heavy atom. The molecule has 1 heterocycles. The maximum atomic E-state index is 6.08. The molecule has 0 radical (unpaired) electrons. The molecule has 3 aromatic rings. The van der Waals surface area contributed by atoms with E-state index in [4.69, 9.17) is 16.0 Å². The molecular formula is C22H22ClN3O. The second-order valence-electron chi connectivity index (χ2n) is 7.79. The fraction of sp³-hybridized carbons (Fsp3) is 0.364. The van der Waals surface area contributed by atoms with Crippen molar-refractivity contribution in [2.75, 3.05) is 6.54 Å². The van der Waals surface area contributed by atoms with E-state index in [1.54, 1.807) is 0 Å². The highest BCUT2D eigenvalue weighted by atomic mass is 35.5. The van der Waals surface area contributed by atoms with Gasteiger partial charge in [0.05, 0.1) is 5.41 Å². The Morgan fingerprint density at radius 2 is 1.81 bits per heavy atom. The van der Waals surface area contributed by atoms with Gasteiger partial charge in [0.15, 0.2) is 0 Å². The molecule has 0 saturated heterocycles. The molecule has 2 aromatic carbocycles. The number of aromatic nitrogens is 2. The second-order valence-corrected chi connectivity index (χ2v) is 8.23. The van der Waals surface area contributed by atoms with Gasteiger partial charge in [-0.3, -0.25) is 0 Å². The Kier molecular flexibility index (Phi) is 4.25. The monoisotopic (exact) mass is 379 g/mol. The summed E-state index contributed by atoms with van der Waals surface area (Å²) in [6.45, 7) is 0.906. The van der Waals surface area contributed by atoms with E-state index >= 15 is 0 Å². The normalized spacial score (nSPS) is 23.0. The van der Waals surface area contributed by atoms with Crippen molar-refractivity contribution in [1.82, 2.24) is 15.5 Å². The van der Waals surface area contributed by atoms with Crippen LogP contribution in [-0.2, 0) is 5.41 Å². The molecule has 1 aromatic heterocycles. The highest BCUT2D eigenvalue weighted by Crippen LogP contribution is 2.46. The summed E-state index contributed by atoms with van der Waals surface area (Å²) in [5.74, 6) is 1.97.